The molecule has 1 unspecified atom stereocenters. The molecule has 4 nitrogen and oxygen atoms in total. The first kappa shape index (κ1) is 15.3. The van der Waals surface area contributed by atoms with Gasteiger partial charge in [0, 0.05) is 15.1 Å². The molecule has 0 aromatic heterocycles. The Morgan fingerprint density at radius 1 is 1.44 bits per heavy atom. The predicted octanol–water partition coefficient (Wildman–Crippen LogP) is 2.21. The fraction of sp³-hybridized carbons (Fsp3) is 0.417. The molecule has 0 spiro atoms. The second-order valence-electron chi connectivity index (χ2n) is 4.15. The van der Waals surface area contributed by atoms with E-state index in [2.05, 4.69) is 15.9 Å². The van der Waals surface area contributed by atoms with Crippen LogP contribution in [-0.4, -0.2) is 46.6 Å². The third-order valence-electron chi connectivity index (χ3n) is 2.37. The van der Waals surface area contributed by atoms with Crippen molar-refractivity contribution in [3.63, 3.8) is 0 Å². The monoisotopic (exact) mass is 333 g/mol. The SMILES string of the molecule is CN(C)CCCS(=O)c1ccc(Br)c(C(=O)O)c1. The number of halogens is 1. The summed E-state index contributed by atoms with van der Waals surface area (Å²) in [4.78, 5) is 13.6. The van der Waals surface area contributed by atoms with Gasteiger partial charge in [0.1, 0.15) is 0 Å². The zero-order valence-electron chi connectivity index (χ0n) is 10.4. The summed E-state index contributed by atoms with van der Waals surface area (Å²) in [6.07, 6.45) is 0.818. The largest absolute Gasteiger partial charge is 0.478 e. The topological polar surface area (TPSA) is 57.6 Å². The van der Waals surface area contributed by atoms with Gasteiger partial charge in [-0.25, -0.2) is 4.79 Å². The Bertz CT molecular complexity index is 463. The summed E-state index contributed by atoms with van der Waals surface area (Å²) in [6, 6.07) is 4.79. The summed E-state index contributed by atoms with van der Waals surface area (Å²) in [7, 11) is 2.78. The third-order valence-corrected chi connectivity index (χ3v) is 4.50. The van der Waals surface area contributed by atoms with Crippen LogP contribution in [0.4, 0.5) is 0 Å². The minimum Gasteiger partial charge on any atom is -0.478 e. The number of benzene rings is 1. The van der Waals surface area contributed by atoms with Crippen molar-refractivity contribution in [3.05, 3.63) is 28.2 Å². The molecule has 0 fully saturated rings. The van der Waals surface area contributed by atoms with Crippen molar-refractivity contribution in [2.45, 2.75) is 11.3 Å². The van der Waals surface area contributed by atoms with Crippen LogP contribution in [-0.2, 0) is 10.8 Å². The maximum absolute atomic E-state index is 12.0. The molecule has 0 saturated carbocycles. The van der Waals surface area contributed by atoms with Crippen molar-refractivity contribution in [3.8, 4) is 0 Å². The summed E-state index contributed by atoms with van der Waals surface area (Å²) in [5, 5.41) is 8.99. The van der Waals surface area contributed by atoms with Gasteiger partial charge in [-0.2, -0.15) is 0 Å². The van der Waals surface area contributed by atoms with Crippen molar-refractivity contribution >= 4 is 32.7 Å². The second-order valence-corrected chi connectivity index (χ2v) is 6.58. The van der Waals surface area contributed by atoms with Crippen molar-refractivity contribution in [2.24, 2.45) is 0 Å². The van der Waals surface area contributed by atoms with Gasteiger partial charge in [0.25, 0.3) is 0 Å². The molecule has 1 rings (SSSR count). The molecule has 18 heavy (non-hydrogen) atoms. The van der Waals surface area contributed by atoms with Crippen LogP contribution < -0.4 is 0 Å². The van der Waals surface area contributed by atoms with E-state index in [9.17, 15) is 9.00 Å². The number of hydrogen-bond donors (Lipinski definition) is 1. The third kappa shape index (κ3) is 4.51. The van der Waals surface area contributed by atoms with Crippen LogP contribution in [0.25, 0.3) is 0 Å². The maximum Gasteiger partial charge on any atom is 0.336 e. The van der Waals surface area contributed by atoms with Gasteiger partial charge in [0.15, 0.2) is 0 Å². The van der Waals surface area contributed by atoms with Crippen molar-refractivity contribution in [1.29, 1.82) is 0 Å². The van der Waals surface area contributed by atoms with Gasteiger partial charge in [0.05, 0.1) is 16.4 Å². The van der Waals surface area contributed by atoms with E-state index < -0.39 is 16.8 Å². The van der Waals surface area contributed by atoms with Gasteiger partial charge in [-0.05, 0) is 61.2 Å². The van der Waals surface area contributed by atoms with E-state index in [1.54, 1.807) is 12.1 Å². The van der Waals surface area contributed by atoms with Crippen LogP contribution in [0.15, 0.2) is 27.6 Å². The molecule has 6 heteroatoms. The van der Waals surface area contributed by atoms with E-state index in [0.29, 0.717) is 15.1 Å². The number of carbonyl (C=O) groups is 1. The lowest BCUT2D eigenvalue weighted by Crippen LogP contribution is -2.15. The summed E-state index contributed by atoms with van der Waals surface area (Å²) >= 11 is 3.17. The van der Waals surface area contributed by atoms with Crippen LogP contribution >= 0.6 is 15.9 Å². The van der Waals surface area contributed by atoms with Gasteiger partial charge < -0.3 is 10.0 Å². The summed E-state index contributed by atoms with van der Waals surface area (Å²) in [5.41, 5.74) is 0.147. The molecule has 0 bridgehead atoms. The fourth-order valence-corrected chi connectivity index (χ4v) is 2.95. The average Bonchev–Trinajstić information content (AvgIpc) is 2.28. The van der Waals surface area contributed by atoms with Crippen molar-refractivity contribution in [1.82, 2.24) is 4.90 Å². The Kier molecular flexibility index (Phi) is 5.98. The zero-order valence-corrected chi connectivity index (χ0v) is 12.8. The van der Waals surface area contributed by atoms with E-state index in [0.717, 1.165) is 13.0 Å². The first-order valence-corrected chi connectivity index (χ1v) is 7.59. The lowest BCUT2D eigenvalue weighted by molar-refractivity contribution is 0.0695. The highest BCUT2D eigenvalue weighted by Crippen LogP contribution is 2.20. The molecule has 1 aromatic rings. The van der Waals surface area contributed by atoms with Crippen LogP contribution in [0.2, 0.25) is 0 Å². The first-order chi connectivity index (χ1) is 8.41. The van der Waals surface area contributed by atoms with Crippen LogP contribution in [0.3, 0.4) is 0 Å². The minimum atomic E-state index is -1.15. The molecule has 1 N–H and O–H groups in total. The molecule has 0 aliphatic heterocycles. The molecule has 0 saturated heterocycles. The van der Waals surface area contributed by atoms with Gasteiger partial charge in [-0.15, -0.1) is 0 Å². The number of hydrogen-bond acceptors (Lipinski definition) is 3. The Morgan fingerprint density at radius 2 is 2.11 bits per heavy atom. The van der Waals surface area contributed by atoms with Gasteiger partial charge in [-0.1, -0.05) is 0 Å². The van der Waals surface area contributed by atoms with Gasteiger partial charge in [0.2, 0.25) is 0 Å². The molecule has 0 aliphatic carbocycles. The van der Waals surface area contributed by atoms with Crippen molar-refractivity contribution in [2.75, 3.05) is 26.4 Å². The highest BCUT2D eigenvalue weighted by molar-refractivity contribution is 9.10. The summed E-state index contributed by atoms with van der Waals surface area (Å²) in [6.45, 7) is 0.869. The van der Waals surface area contributed by atoms with E-state index in [1.807, 2.05) is 19.0 Å². The highest BCUT2D eigenvalue weighted by Gasteiger charge is 2.12. The zero-order chi connectivity index (χ0) is 13.7. The van der Waals surface area contributed by atoms with E-state index in [-0.39, 0.29) is 5.56 Å². The summed E-state index contributed by atoms with van der Waals surface area (Å²) < 4.78 is 12.5. The van der Waals surface area contributed by atoms with E-state index in [4.69, 9.17) is 5.11 Å². The van der Waals surface area contributed by atoms with Gasteiger partial charge in [-0.3, -0.25) is 4.21 Å². The summed E-state index contributed by atoms with van der Waals surface area (Å²) in [5.74, 6) is -0.479. The number of rotatable bonds is 6. The van der Waals surface area contributed by atoms with E-state index >= 15 is 0 Å². The quantitative estimate of drug-likeness (QED) is 0.867. The Hall–Kier alpha value is -0.720. The number of nitrogens with zero attached hydrogens (tertiary/aromatic N) is 1. The number of carboxylic acid groups (broad SMARTS) is 1. The lowest BCUT2D eigenvalue weighted by atomic mass is 10.2. The molecule has 0 amide bonds. The van der Waals surface area contributed by atoms with Crippen LogP contribution in [0, 0.1) is 0 Å². The molecule has 0 heterocycles. The fourth-order valence-electron chi connectivity index (χ4n) is 1.44. The smallest absolute Gasteiger partial charge is 0.336 e. The molecule has 1 atom stereocenters. The molecular weight excluding hydrogens is 318 g/mol. The van der Waals surface area contributed by atoms with Gasteiger partial charge >= 0.3 is 5.97 Å². The molecule has 0 radical (unpaired) electrons. The Balaban J connectivity index is 2.74. The average molecular weight is 334 g/mol. The molecular formula is C12H16BrNO3S. The van der Waals surface area contributed by atoms with Crippen LogP contribution in [0.1, 0.15) is 16.8 Å². The second kappa shape index (κ2) is 7.01. The molecule has 0 aliphatic rings. The number of carboxylic acids is 1. The first-order valence-electron chi connectivity index (χ1n) is 5.47. The van der Waals surface area contributed by atoms with E-state index in [1.165, 1.54) is 6.07 Å². The molecule has 1 aromatic carbocycles. The van der Waals surface area contributed by atoms with Crippen LogP contribution in [0.5, 0.6) is 0 Å². The molecule has 100 valence electrons. The minimum absolute atomic E-state index is 0.147. The van der Waals surface area contributed by atoms with Crippen molar-refractivity contribution < 1.29 is 14.1 Å². The Labute approximate surface area is 118 Å². The predicted molar refractivity (Wildman–Crippen MR) is 75.5 cm³/mol. The number of aromatic carboxylic acids is 1. The lowest BCUT2D eigenvalue weighted by Gasteiger charge is -2.09. The maximum atomic E-state index is 12.0. The Morgan fingerprint density at radius 3 is 2.67 bits per heavy atom. The standard InChI is InChI=1S/C12H16BrNO3S/c1-14(2)6-3-7-18(17)9-4-5-11(13)10(8-9)12(15)16/h4-5,8H,3,6-7H2,1-2H3,(H,15,16). The highest BCUT2D eigenvalue weighted by atomic mass is 79.9. The normalized spacial score (nSPS) is 12.7.